The minimum atomic E-state index is -0.440. The van der Waals surface area contributed by atoms with Crippen molar-refractivity contribution in [3.05, 3.63) is 53.8 Å². The zero-order valence-corrected chi connectivity index (χ0v) is 12.3. The Labute approximate surface area is 128 Å². The molecule has 0 amide bonds. The number of para-hydroxylation sites is 1. The molecule has 2 aromatic carbocycles. The van der Waals surface area contributed by atoms with Crippen molar-refractivity contribution in [2.45, 2.75) is 9.24 Å². The van der Waals surface area contributed by atoms with Crippen LogP contribution in [0.1, 0.15) is 5.56 Å². The molecule has 0 atom stereocenters. The van der Waals surface area contributed by atoms with Crippen LogP contribution in [0.4, 0.5) is 4.39 Å². The van der Waals surface area contributed by atoms with Gasteiger partial charge in [0.15, 0.2) is 10.2 Å². The van der Waals surface area contributed by atoms with Crippen LogP contribution >= 0.6 is 23.1 Å². The van der Waals surface area contributed by atoms with Crippen LogP contribution in [-0.4, -0.2) is 16.0 Å². The van der Waals surface area contributed by atoms with Gasteiger partial charge in [-0.2, -0.15) is 0 Å². The molecule has 0 aliphatic carbocycles. The first-order valence-electron chi connectivity index (χ1n) is 5.98. The van der Waals surface area contributed by atoms with E-state index in [4.69, 9.17) is 10.9 Å². The van der Waals surface area contributed by atoms with E-state index in [1.54, 1.807) is 6.07 Å². The molecule has 0 bridgehead atoms. The molecule has 1 aromatic heterocycles. The molecular weight excluding hydrogens is 309 g/mol. The zero-order valence-electron chi connectivity index (χ0n) is 10.7. The van der Waals surface area contributed by atoms with E-state index in [1.807, 2.05) is 24.3 Å². The summed E-state index contributed by atoms with van der Waals surface area (Å²) >= 11 is 2.90. The number of nitrogens with two attached hydrogens (primary N) is 1. The van der Waals surface area contributed by atoms with Gasteiger partial charge in [-0.25, -0.2) is 9.37 Å². The van der Waals surface area contributed by atoms with Crippen molar-refractivity contribution in [1.82, 2.24) is 4.98 Å². The summed E-state index contributed by atoms with van der Waals surface area (Å²) in [6.45, 7) is 0. The predicted octanol–water partition coefficient (Wildman–Crippen LogP) is 3.68. The third-order valence-corrected chi connectivity index (χ3v) is 4.97. The number of halogens is 1. The van der Waals surface area contributed by atoms with Gasteiger partial charge in [0.25, 0.3) is 0 Å². The van der Waals surface area contributed by atoms with Crippen LogP contribution in [0.15, 0.2) is 56.9 Å². The normalized spacial score (nSPS) is 12.0. The Morgan fingerprint density at radius 1 is 1.29 bits per heavy atom. The van der Waals surface area contributed by atoms with Crippen LogP contribution in [-0.2, 0) is 0 Å². The van der Waals surface area contributed by atoms with Crippen LogP contribution in [0.2, 0.25) is 0 Å². The molecule has 0 saturated carbocycles. The van der Waals surface area contributed by atoms with Crippen molar-refractivity contribution >= 4 is 39.2 Å². The lowest BCUT2D eigenvalue weighted by molar-refractivity contribution is 0.318. The van der Waals surface area contributed by atoms with E-state index in [0.29, 0.717) is 10.5 Å². The molecule has 0 aliphatic rings. The number of fused-ring (bicyclic) bond motifs is 1. The van der Waals surface area contributed by atoms with Crippen LogP contribution in [0, 0.1) is 5.82 Å². The lowest BCUT2D eigenvalue weighted by atomic mass is 10.2. The minimum Gasteiger partial charge on any atom is -0.409 e. The molecule has 3 N–H and O–H groups in total. The Kier molecular flexibility index (Phi) is 3.76. The molecule has 106 valence electrons. The van der Waals surface area contributed by atoms with Crippen molar-refractivity contribution in [3.63, 3.8) is 0 Å². The highest BCUT2D eigenvalue weighted by molar-refractivity contribution is 8.01. The van der Waals surface area contributed by atoms with Gasteiger partial charge in [0.2, 0.25) is 0 Å². The number of hydrogen-bond acceptors (Lipinski definition) is 5. The summed E-state index contributed by atoms with van der Waals surface area (Å²) in [4.78, 5) is 5.19. The number of amidine groups is 1. The SMILES string of the molecule is NC(=NO)c1cc(F)ccc1Sc1nc2ccccc2s1. The zero-order chi connectivity index (χ0) is 14.8. The number of benzene rings is 2. The second-order valence-electron chi connectivity index (χ2n) is 4.18. The summed E-state index contributed by atoms with van der Waals surface area (Å²) in [6.07, 6.45) is 0. The van der Waals surface area contributed by atoms with Crippen LogP contribution in [0.3, 0.4) is 0 Å². The number of aromatic nitrogens is 1. The first kappa shape index (κ1) is 13.8. The van der Waals surface area contributed by atoms with Crippen molar-refractivity contribution < 1.29 is 9.60 Å². The summed E-state index contributed by atoms with van der Waals surface area (Å²) in [7, 11) is 0. The van der Waals surface area contributed by atoms with Gasteiger partial charge in [-0.05, 0) is 30.3 Å². The fourth-order valence-electron chi connectivity index (χ4n) is 1.83. The Morgan fingerprint density at radius 3 is 2.86 bits per heavy atom. The molecule has 1 heterocycles. The molecule has 21 heavy (non-hydrogen) atoms. The highest BCUT2D eigenvalue weighted by atomic mass is 32.2. The summed E-state index contributed by atoms with van der Waals surface area (Å²) in [5, 5.41) is 11.7. The van der Waals surface area contributed by atoms with Gasteiger partial charge < -0.3 is 10.9 Å². The van der Waals surface area contributed by atoms with E-state index in [-0.39, 0.29) is 5.84 Å². The van der Waals surface area contributed by atoms with E-state index in [1.165, 1.54) is 35.2 Å². The van der Waals surface area contributed by atoms with Gasteiger partial charge in [0, 0.05) is 10.5 Å². The van der Waals surface area contributed by atoms with Crippen LogP contribution in [0.25, 0.3) is 10.2 Å². The van der Waals surface area contributed by atoms with E-state index in [0.717, 1.165) is 14.6 Å². The molecule has 0 radical (unpaired) electrons. The molecule has 0 aliphatic heterocycles. The number of hydrogen-bond donors (Lipinski definition) is 2. The van der Waals surface area contributed by atoms with E-state index in [9.17, 15) is 4.39 Å². The average Bonchev–Trinajstić information content (AvgIpc) is 2.90. The third kappa shape index (κ3) is 2.84. The monoisotopic (exact) mass is 319 g/mol. The summed E-state index contributed by atoms with van der Waals surface area (Å²) < 4.78 is 15.2. The fraction of sp³-hybridized carbons (Fsp3) is 0. The topological polar surface area (TPSA) is 71.5 Å². The van der Waals surface area contributed by atoms with Crippen LogP contribution < -0.4 is 5.73 Å². The van der Waals surface area contributed by atoms with E-state index < -0.39 is 5.82 Å². The standard InChI is InChI=1S/C14H10FN3OS2/c15-8-5-6-11(9(7-8)13(16)18-19)20-14-17-10-3-1-2-4-12(10)21-14/h1-7,19H,(H2,16,18). The average molecular weight is 319 g/mol. The lowest BCUT2D eigenvalue weighted by Crippen LogP contribution is -2.14. The number of rotatable bonds is 3. The molecule has 4 nitrogen and oxygen atoms in total. The lowest BCUT2D eigenvalue weighted by Gasteiger charge is -2.06. The molecule has 3 rings (SSSR count). The van der Waals surface area contributed by atoms with Crippen molar-refractivity contribution in [2.75, 3.05) is 0 Å². The van der Waals surface area contributed by atoms with E-state index in [2.05, 4.69) is 10.1 Å². The van der Waals surface area contributed by atoms with Crippen LogP contribution in [0.5, 0.6) is 0 Å². The first-order chi connectivity index (χ1) is 10.2. The highest BCUT2D eigenvalue weighted by Gasteiger charge is 2.12. The highest BCUT2D eigenvalue weighted by Crippen LogP contribution is 2.36. The summed E-state index contributed by atoms with van der Waals surface area (Å²) in [5.74, 6) is -0.566. The van der Waals surface area contributed by atoms with Crippen molar-refractivity contribution in [3.8, 4) is 0 Å². The molecule has 0 spiro atoms. The second-order valence-corrected chi connectivity index (χ2v) is 6.49. The quantitative estimate of drug-likeness (QED) is 0.334. The molecular formula is C14H10FN3OS2. The van der Waals surface area contributed by atoms with Gasteiger partial charge in [0.05, 0.1) is 10.2 Å². The molecule has 3 aromatic rings. The Bertz CT molecular complexity index is 799. The summed E-state index contributed by atoms with van der Waals surface area (Å²) in [5.41, 5.74) is 6.86. The fourth-order valence-corrected chi connectivity index (χ4v) is 3.98. The first-order valence-corrected chi connectivity index (χ1v) is 7.61. The maximum atomic E-state index is 13.3. The maximum absolute atomic E-state index is 13.3. The molecule has 0 fully saturated rings. The number of thiazole rings is 1. The predicted molar refractivity (Wildman–Crippen MR) is 82.7 cm³/mol. The van der Waals surface area contributed by atoms with Gasteiger partial charge in [0.1, 0.15) is 5.82 Å². The van der Waals surface area contributed by atoms with Crippen molar-refractivity contribution in [2.24, 2.45) is 10.9 Å². The Balaban J connectivity index is 2.01. The molecule has 0 saturated heterocycles. The summed E-state index contributed by atoms with van der Waals surface area (Å²) in [6, 6.07) is 12.0. The number of nitrogens with zero attached hydrogens (tertiary/aromatic N) is 2. The maximum Gasteiger partial charge on any atom is 0.171 e. The Morgan fingerprint density at radius 2 is 2.10 bits per heavy atom. The molecule has 7 heteroatoms. The van der Waals surface area contributed by atoms with Gasteiger partial charge in [-0.1, -0.05) is 29.1 Å². The smallest absolute Gasteiger partial charge is 0.171 e. The third-order valence-electron chi connectivity index (χ3n) is 2.80. The molecule has 0 unspecified atom stereocenters. The number of oxime groups is 1. The van der Waals surface area contributed by atoms with Gasteiger partial charge in [-0.15, -0.1) is 11.3 Å². The van der Waals surface area contributed by atoms with Gasteiger partial charge in [-0.3, -0.25) is 0 Å². The van der Waals surface area contributed by atoms with E-state index >= 15 is 0 Å². The Hall–Kier alpha value is -2.12. The minimum absolute atomic E-state index is 0.127. The second kappa shape index (κ2) is 5.71. The largest absolute Gasteiger partial charge is 0.409 e. The van der Waals surface area contributed by atoms with Crippen molar-refractivity contribution in [1.29, 1.82) is 0 Å². The van der Waals surface area contributed by atoms with Gasteiger partial charge >= 0.3 is 0 Å².